The number of aryl methyl sites for hydroxylation is 1. The molecule has 0 radical (unpaired) electrons. The largest absolute Gasteiger partial charge is 0.433 e. The molecule has 3 heterocycles. The van der Waals surface area contributed by atoms with Gasteiger partial charge in [0.25, 0.3) is 10.0 Å². The SMILES string of the molecule is Cc1cc(-c2cc(C(F)(F)F)n3nc(C#Cc4ccc(S(=O)(=O)NC(C)(C)C)s4)cc3n2)ccc1Cl. The van der Waals surface area contributed by atoms with E-state index in [2.05, 4.69) is 26.6 Å². The van der Waals surface area contributed by atoms with Gasteiger partial charge in [0.05, 0.1) is 10.6 Å². The third-order valence-electron chi connectivity index (χ3n) is 4.77. The second kappa shape index (κ2) is 9.19. The first-order valence-corrected chi connectivity index (χ1v) is 13.2. The van der Waals surface area contributed by atoms with Crippen LogP contribution in [0.3, 0.4) is 0 Å². The fraction of sp³-hybridized carbons (Fsp3) is 0.250. The van der Waals surface area contributed by atoms with Crippen LogP contribution in [0.5, 0.6) is 0 Å². The minimum atomic E-state index is -4.69. The van der Waals surface area contributed by atoms with Crippen LogP contribution >= 0.6 is 22.9 Å². The number of sulfonamides is 1. The summed E-state index contributed by atoms with van der Waals surface area (Å²) in [4.78, 5) is 4.76. The molecule has 0 saturated carbocycles. The molecule has 4 aromatic rings. The number of halogens is 4. The minimum Gasteiger partial charge on any atom is -0.228 e. The molecule has 0 bridgehead atoms. The molecule has 0 aliphatic carbocycles. The molecule has 0 atom stereocenters. The number of benzene rings is 1. The Morgan fingerprint density at radius 2 is 1.78 bits per heavy atom. The Morgan fingerprint density at radius 1 is 1.06 bits per heavy atom. The topological polar surface area (TPSA) is 76.4 Å². The molecule has 12 heteroatoms. The number of fused-ring (bicyclic) bond motifs is 1. The second-order valence-corrected chi connectivity index (χ2v) is 12.4. The molecular weight excluding hydrogens is 533 g/mol. The van der Waals surface area contributed by atoms with Crippen LogP contribution in [-0.4, -0.2) is 28.6 Å². The summed E-state index contributed by atoms with van der Waals surface area (Å²) in [7, 11) is -3.72. The quantitative estimate of drug-likeness (QED) is 0.320. The number of rotatable bonds is 3. The Bertz CT molecular complexity index is 1640. The van der Waals surface area contributed by atoms with Crippen molar-refractivity contribution in [1.82, 2.24) is 19.3 Å². The van der Waals surface area contributed by atoms with Crippen molar-refractivity contribution >= 4 is 38.6 Å². The summed E-state index contributed by atoms with van der Waals surface area (Å²) < 4.78 is 69.8. The van der Waals surface area contributed by atoms with Crippen molar-refractivity contribution in [1.29, 1.82) is 0 Å². The number of thiophene rings is 1. The van der Waals surface area contributed by atoms with Gasteiger partial charge in [0.1, 0.15) is 9.90 Å². The molecule has 188 valence electrons. The van der Waals surface area contributed by atoms with Crippen molar-refractivity contribution in [3.8, 4) is 23.1 Å². The van der Waals surface area contributed by atoms with Gasteiger partial charge in [-0.2, -0.15) is 18.3 Å². The molecule has 0 fully saturated rings. The summed E-state index contributed by atoms with van der Waals surface area (Å²) in [5.74, 6) is 5.48. The van der Waals surface area contributed by atoms with Crippen molar-refractivity contribution in [2.24, 2.45) is 0 Å². The van der Waals surface area contributed by atoms with Gasteiger partial charge in [0.2, 0.25) is 0 Å². The maximum atomic E-state index is 13.8. The maximum Gasteiger partial charge on any atom is 0.433 e. The average Bonchev–Trinajstić information content (AvgIpc) is 3.38. The first kappa shape index (κ1) is 26.2. The lowest BCUT2D eigenvalue weighted by Crippen LogP contribution is -2.40. The van der Waals surface area contributed by atoms with E-state index in [9.17, 15) is 21.6 Å². The number of alkyl halides is 3. The Hall–Kier alpha value is -2.91. The van der Waals surface area contributed by atoms with Gasteiger partial charge in [-0.15, -0.1) is 11.3 Å². The summed E-state index contributed by atoms with van der Waals surface area (Å²) in [5.41, 5.74) is -0.315. The number of aromatic nitrogens is 3. The van der Waals surface area contributed by atoms with Gasteiger partial charge in [-0.3, -0.25) is 0 Å². The Morgan fingerprint density at radius 3 is 2.42 bits per heavy atom. The summed E-state index contributed by atoms with van der Waals surface area (Å²) >= 11 is 7.00. The number of nitrogens with zero attached hydrogens (tertiary/aromatic N) is 3. The van der Waals surface area contributed by atoms with E-state index in [0.29, 0.717) is 25.5 Å². The Kier molecular flexibility index (Phi) is 6.68. The molecule has 1 N–H and O–H groups in total. The summed E-state index contributed by atoms with van der Waals surface area (Å²) in [6.45, 7) is 6.93. The molecule has 0 spiro atoms. The van der Waals surface area contributed by atoms with Crippen LogP contribution in [0.1, 0.15) is 42.6 Å². The van der Waals surface area contributed by atoms with E-state index in [1.165, 1.54) is 18.2 Å². The summed E-state index contributed by atoms with van der Waals surface area (Å²) in [6, 6.07) is 10.1. The lowest BCUT2D eigenvalue weighted by Gasteiger charge is -2.19. The van der Waals surface area contributed by atoms with Gasteiger partial charge in [-0.1, -0.05) is 17.7 Å². The lowest BCUT2D eigenvalue weighted by atomic mass is 10.1. The molecule has 0 aliphatic heterocycles. The monoisotopic (exact) mass is 552 g/mol. The first-order chi connectivity index (χ1) is 16.6. The zero-order valence-electron chi connectivity index (χ0n) is 19.5. The van der Waals surface area contributed by atoms with Crippen molar-refractivity contribution in [2.45, 2.75) is 43.6 Å². The second-order valence-electron chi connectivity index (χ2n) is 9.01. The van der Waals surface area contributed by atoms with Crippen LogP contribution in [0.4, 0.5) is 13.2 Å². The highest BCUT2D eigenvalue weighted by Crippen LogP contribution is 2.33. The zero-order valence-corrected chi connectivity index (χ0v) is 21.9. The lowest BCUT2D eigenvalue weighted by molar-refractivity contribution is -0.142. The predicted molar refractivity (Wildman–Crippen MR) is 134 cm³/mol. The van der Waals surface area contributed by atoms with E-state index in [1.54, 1.807) is 45.9 Å². The number of nitrogens with one attached hydrogen (secondary N) is 1. The predicted octanol–water partition coefficient (Wildman–Crippen LogP) is 5.92. The molecule has 3 aromatic heterocycles. The van der Waals surface area contributed by atoms with E-state index >= 15 is 0 Å². The van der Waals surface area contributed by atoms with E-state index in [-0.39, 0.29) is 21.2 Å². The third kappa shape index (κ3) is 5.73. The fourth-order valence-corrected chi connectivity index (χ4v) is 6.00. The van der Waals surface area contributed by atoms with Crippen LogP contribution in [0.15, 0.2) is 46.7 Å². The third-order valence-corrected chi connectivity index (χ3v) is 8.45. The van der Waals surface area contributed by atoms with Gasteiger partial charge in [0.15, 0.2) is 11.3 Å². The normalized spacial score (nSPS) is 12.6. The molecule has 6 nitrogen and oxygen atoms in total. The number of hydrogen-bond acceptors (Lipinski definition) is 5. The van der Waals surface area contributed by atoms with Crippen molar-refractivity contribution < 1.29 is 21.6 Å². The van der Waals surface area contributed by atoms with Gasteiger partial charge >= 0.3 is 6.18 Å². The van der Waals surface area contributed by atoms with Crippen LogP contribution in [0, 0.1) is 18.8 Å². The Balaban J connectivity index is 1.73. The van der Waals surface area contributed by atoms with Crippen molar-refractivity contribution in [3.05, 3.63) is 69.3 Å². The van der Waals surface area contributed by atoms with E-state index in [0.717, 1.165) is 17.4 Å². The standard InChI is InChI=1S/C24H20ClF3N4O2S2/c1-14-11-15(5-9-18(14)25)19-13-20(24(26,27)28)32-21(29-19)12-16(30-32)6-7-17-8-10-22(35-17)36(33,34)31-23(2,3)4/h5,8-13,31H,1-4H3. The molecule has 36 heavy (non-hydrogen) atoms. The zero-order chi connectivity index (χ0) is 26.5. The highest BCUT2D eigenvalue weighted by molar-refractivity contribution is 7.91. The molecular formula is C24H20ClF3N4O2S2. The number of hydrogen-bond donors (Lipinski definition) is 1. The first-order valence-electron chi connectivity index (χ1n) is 10.5. The van der Waals surface area contributed by atoms with Gasteiger partial charge < -0.3 is 0 Å². The molecule has 0 saturated heterocycles. The average molecular weight is 553 g/mol. The van der Waals surface area contributed by atoms with Crippen molar-refractivity contribution in [3.63, 3.8) is 0 Å². The van der Waals surface area contributed by atoms with Crippen LogP contribution in [0.25, 0.3) is 16.9 Å². The van der Waals surface area contributed by atoms with Crippen LogP contribution < -0.4 is 4.72 Å². The highest BCUT2D eigenvalue weighted by atomic mass is 35.5. The summed E-state index contributed by atoms with van der Waals surface area (Å²) in [6.07, 6.45) is -4.69. The maximum absolute atomic E-state index is 13.8. The van der Waals surface area contributed by atoms with E-state index < -0.39 is 27.4 Å². The smallest absolute Gasteiger partial charge is 0.228 e. The van der Waals surface area contributed by atoms with Crippen LogP contribution in [0.2, 0.25) is 5.02 Å². The summed E-state index contributed by atoms with van der Waals surface area (Å²) in [5, 5.41) is 4.47. The van der Waals surface area contributed by atoms with Gasteiger partial charge in [-0.25, -0.2) is 22.6 Å². The molecule has 0 amide bonds. The van der Waals surface area contributed by atoms with Crippen LogP contribution in [-0.2, 0) is 16.2 Å². The van der Waals surface area contributed by atoms with E-state index in [4.69, 9.17) is 11.6 Å². The molecule has 1 aromatic carbocycles. The molecule has 4 rings (SSSR count). The van der Waals surface area contributed by atoms with E-state index in [1.807, 2.05) is 0 Å². The fourth-order valence-electron chi connectivity index (χ4n) is 3.30. The Labute approximate surface area is 215 Å². The van der Waals surface area contributed by atoms with Gasteiger partial charge in [-0.05, 0) is 75.4 Å². The van der Waals surface area contributed by atoms with Gasteiger partial charge in [0, 0.05) is 22.2 Å². The molecule has 0 unspecified atom stereocenters. The van der Waals surface area contributed by atoms with Crippen molar-refractivity contribution in [2.75, 3.05) is 0 Å². The molecule has 0 aliphatic rings. The minimum absolute atomic E-state index is 0.0273. The highest BCUT2D eigenvalue weighted by Gasteiger charge is 2.35.